The van der Waals surface area contributed by atoms with Crippen molar-refractivity contribution in [3.8, 4) is 0 Å². The molecule has 0 aliphatic heterocycles. The second-order valence-corrected chi connectivity index (χ2v) is 8.40. The SMILES string of the molecule is CCN(c1ccccc1)S(=O)(=O)c1ccc(C(=O)OCC(=O)c2ccc(F)cc2)cc1. The average molecular weight is 441 g/mol. The molecule has 0 aliphatic carbocycles. The topological polar surface area (TPSA) is 80.8 Å². The van der Waals surface area contributed by atoms with E-state index in [4.69, 9.17) is 4.74 Å². The van der Waals surface area contributed by atoms with Gasteiger partial charge in [-0.25, -0.2) is 17.6 Å². The van der Waals surface area contributed by atoms with Crippen LogP contribution in [0.3, 0.4) is 0 Å². The summed E-state index contributed by atoms with van der Waals surface area (Å²) in [6, 6.07) is 18.9. The van der Waals surface area contributed by atoms with E-state index < -0.39 is 34.2 Å². The molecule has 31 heavy (non-hydrogen) atoms. The summed E-state index contributed by atoms with van der Waals surface area (Å²) in [4.78, 5) is 24.3. The van der Waals surface area contributed by atoms with Crippen molar-refractivity contribution < 1.29 is 27.1 Å². The molecule has 3 aromatic rings. The molecule has 3 rings (SSSR count). The normalized spacial score (nSPS) is 11.0. The van der Waals surface area contributed by atoms with E-state index in [-0.39, 0.29) is 22.6 Å². The van der Waals surface area contributed by atoms with Gasteiger partial charge in [-0.05, 0) is 67.6 Å². The fourth-order valence-electron chi connectivity index (χ4n) is 2.91. The Hall–Kier alpha value is -3.52. The van der Waals surface area contributed by atoms with E-state index in [2.05, 4.69) is 0 Å². The van der Waals surface area contributed by atoms with E-state index >= 15 is 0 Å². The number of carbonyl (C=O) groups excluding carboxylic acids is 2. The summed E-state index contributed by atoms with van der Waals surface area (Å²) in [5, 5.41) is 0. The summed E-state index contributed by atoms with van der Waals surface area (Å²) in [7, 11) is -3.82. The van der Waals surface area contributed by atoms with Crippen molar-refractivity contribution in [2.45, 2.75) is 11.8 Å². The lowest BCUT2D eigenvalue weighted by atomic mass is 10.1. The Balaban J connectivity index is 1.69. The molecule has 0 aromatic heterocycles. The number of carbonyl (C=O) groups is 2. The van der Waals surface area contributed by atoms with Crippen LogP contribution in [0.5, 0.6) is 0 Å². The van der Waals surface area contributed by atoms with Crippen molar-refractivity contribution >= 4 is 27.5 Å². The van der Waals surface area contributed by atoms with Crippen LogP contribution in [-0.4, -0.2) is 33.3 Å². The molecule has 0 unspecified atom stereocenters. The highest BCUT2D eigenvalue weighted by Crippen LogP contribution is 2.23. The summed E-state index contributed by atoms with van der Waals surface area (Å²) >= 11 is 0. The van der Waals surface area contributed by atoms with Gasteiger partial charge in [-0.15, -0.1) is 0 Å². The molecule has 8 heteroatoms. The molecule has 0 saturated carbocycles. The number of hydrogen-bond acceptors (Lipinski definition) is 5. The van der Waals surface area contributed by atoms with Gasteiger partial charge in [-0.1, -0.05) is 18.2 Å². The van der Waals surface area contributed by atoms with Gasteiger partial charge in [-0.3, -0.25) is 9.10 Å². The molecule has 0 radical (unpaired) electrons. The van der Waals surface area contributed by atoms with E-state index in [1.807, 2.05) is 0 Å². The molecular formula is C23H20FNO5S. The molecule has 6 nitrogen and oxygen atoms in total. The maximum absolute atomic E-state index is 13.0. The van der Waals surface area contributed by atoms with Gasteiger partial charge in [0.2, 0.25) is 0 Å². The Morgan fingerprint density at radius 1 is 0.871 bits per heavy atom. The second kappa shape index (κ2) is 9.53. The molecular weight excluding hydrogens is 421 g/mol. The maximum Gasteiger partial charge on any atom is 0.338 e. The van der Waals surface area contributed by atoms with Crippen LogP contribution in [0.2, 0.25) is 0 Å². The summed E-state index contributed by atoms with van der Waals surface area (Å²) < 4.78 is 45.1. The number of halogens is 1. The number of para-hydroxylation sites is 1. The van der Waals surface area contributed by atoms with Crippen LogP contribution in [0.4, 0.5) is 10.1 Å². The van der Waals surface area contributed by atoms with Gasteiger partial charge in [0, 0.05) is 12.1 Å². The number of anilines is 1. The van der Waals surface area contributed by atoms with Crippen molar-refractivity contribution in [1.82, 2.24) is 0 Å². The van der Waals surface area contributed by atoms with Crippen LogP contribution in [-0.2, 0) is 14.8 Å². The lowest BCUT2D eigenvalue weighted by Gasteiger charge is -2.22. The van der Waals surface area contributed by atoms with Crippen LogP contribution < -0.4 is 4.31 Å². The number of nitrogens with zero attached hydrogens (tertiary/aromatic N) is 1. The molecule has 0 amide bonds. The number of ether oxygens (including phenoxy) is 1. The fourth-order valence-corrected chi connectivity index (χ4v) is 4.38. The number of esters is 1. The minimum Gasteiger partial charge on any atom is -0.454 e. The number of hydrogen-bond donors (Lipinski definition) is 0. The third kappa shape index (κ3) is 5.16. The smallest absolute Gasteiger partial charge is 0.338 e. The van der Waals surface area contributed by atoms with Crippen LogP contribution in [0, 0.1) is 5.82 Å². The number of benzene rings is 3. The minimum absolute atomic E-state index is 0.0251. The van der Waals surface area contributed by atoms with Crippen molar-refractivity contribution in [1.29, 1.82) is 0 Å². The molecule has 3 aromatic carbocycles. The molecule has 0 N–H and O–H groups in total. The Morgan fingerprint density at radius 2 is 1.45 bits per heavy atom. The monoisotopic (exact) mass is 441 g/mol. The van der Waals surface area contributed by atoms with E-state index in [1.165, 1.54) is 40.7 Å². The zero-order chi connectivity index (χ0) is 22.4. The van der Waals surface area contributed by atoms with Gasteiger partial charge in [0.1, 0.15) is 5.82 Å². The van der Waals surface area contributed by atoms with Crippen LogP contribution in [0.15, 0.2) is 83.8 Å². The maximum atomic E-state index is 13.0. The number of Topliss-reactive ketones (excluding diaryl/α,β-unsaturated/α-hetero) is 1. The molecule has 0 aliphatic rings. The van der Waals surface area contributed by atoms with Crippen molar-refractivity contribution in [2.24, 2.45) is 0 Å². The van der Waals surface area contributed by atoms with Gasteiger partial charge in [-0.2, -0.15) is 0 Å². The lowest BCUT2D eigenvalue weighted by Crippen LogP contribution is -2.30. The highest BCUT2D eigenvalue weighted by molar-refractivity contribution is 7.92. The summed E-state index contributed by atoms with van der Waals surface area (Å²) in [5.41, 5.74) is 0.859. The van der Waals surface area contributed by atoms with E-state index in [1.54, 1.807) is 37.3 Å². The van der Waals surface area contributed by atoms with Crippen molar-refractivity contribution in [3.63, 3.8) is 0 Å². The standard InChI is InChI=1S/C23H20FNO5S/c1-2-25(20-6-4-3-5-7-20)31(28,29)21-14-10-18(11-15-21)23(27)30-16-22(26)17-8-12-19(24)13-9-17/h3-15H,2,16H2,1H3. The van der Waals surface area contributed by atoms with Crippen LogP contribution in [0.25, 0.3) is 0 Å². The predicted octanol–water partition coefficient (Wildman–Crippen LogP) is 4.08. The first kappa shape index (κ1) is 22.2. The summed E-state index contributed by atoms with van der Waals surface area (Å²) in [5.74, 6) is -1.72. The van der Waals surface area contributed by atoms with Crippen molar-refractivity contribution in [2.75, 3.05) is 17.5 Å². The highest BCUT2D eigenvalue weighted by atomic mass is 32.2. The molecule has 0 fully saturated rings. The van der Waals surface area contributed by atoms with E-state index in [9.17, 15) is 22.4 Å². The third-order valence-corrected chi connectivity index (χ3v) is 6.43. The first-order valence-electron chi connectivity index (χ1n) is 9.46. The zero-order valence-corrected chi connectivity index (χ0v) is 17.5. The van der Waals surface area contributed by atoms with Crippen molar-refractivity contribution in [3.05, 3.63) is 95.8 Å². The minimum atomic E-state index is -3.82. The van der Waals surface area contributed by atoms with Crippen LogP contribution in [0.1, 0.15) is 27.6 Å². The largest absolute Gasteiger partial charge is 0.454 e. The Morgan fingerprint density at radius 3 is 2.03 bits per heavy atom. The summed E-state index contributed by atoms with van der Waals surface area (Å²) in [6.45, 7) is 1.46. The number of ketones is 1. The first-order valence-corrected chi connectivity index (χ1v) is 10.9. The number of sulfonamides is 1. The van der Waals surface area contributed by atoms with Gasteiger partial charge in [0.15, 0.2) is 12.4 Å². The van der Waals surface area contributed by atoms with E-state index in [0.717, 1.165) is 12.1 Å². The highest BCUT2D eigenvalue weighted by Gasteiger charge is 2.24. The van der Waals surface area contributed by atoms with Gasteiger partial charge in [0.25, 0.3) is 10.0 Å². The lowest BCUT2D eigenvalue weighted by molar-refractivity contribution is 0.0474. The Labute approximate surface area is 179 Å². The van der Waals surface area contributed by atoms with Gasteiger partial charge < -0.3 is 4.74 Å². The van der Waals surface area contributed by atoms with Gasteiger partial charge >= 0.3 is 5.97 Å². The second-order valence-electron chi connectivity index (χ2n) is 6.54. The van der Waals surface area contributed by atoms with E-state index in [0.29, 0.717) is 5.69 Å². The average Bonchev–Trinajstić information content (AvgIpc) is 2.79. The zero-order valence-electron chi connectivity index (χ0n) is 16.7. The molecule has 0 saturated heterocycles. The van der Waals surface area contributed by atoms with Crippen LogP contribution >= 0.6 is 0 Å². The molecule has 0 atom stereocenters. The molecule has 0 heterocycles. The Kier molecular flexibility index (Phi) is 6.81. The quantitative estimate of drug-likeness (QED) is 0.389. The first-order chi connectivity index (χ1) is 14.8. The third-order valence-electron chi connectivity index (χ3n) is 4.51. The number of rotatable bonds is 8. The Bertz CT molecular complexity index is 1160. The predicted molar refractivity (Wildman–Crippen MR) is 114 cm³/mol. The van der Waals surface area contributed by atoms with Gasteiger partial charge in [0.05, 0.1) is 16.1 Å². The molecule has 0 bridgehead atoms. The fraction of sp³-hybridized carbons (Fsp3) is 0.130. The summed E-state index contributed by atoms with van der Waals surface area (Å²) in [6.07, 6.45) is 0. The molecule has 0 spiro atoms. The molecule has 160 valence electrons.